The number of nitrogens with zero attached hydrogens (tertiary/aromatic N) is 4. The molecule has 0 spiro atoms. The van der Waals surface area contributed by atoms with Gasteiger partial charge in [-0.15, -0.1) is 0 Å². The molecule has 17 rings (SSSR count). The molecule has 4 nitrogen and oxygen atoms in total. The molecule has 0 saturated heterocycles. The van der Waals surface area contributed by atoms with Crippen LogP contribution in [0.3, 0.4) is 0 Å². The van der Waals surface area contributed by atoms with E-state index in [0.29, 0.717) is 0 Å². The maximum atomic E-state index is 2.64. The maximum Gasteiger partial charge on any atom is 0.252 e. The molecule has 13 aromatic carbocycles. The van der Waals surface area contributed by atoms with Crippen molar-refractivity contribution in [2.24, 2.45) is 0 Å². The third kappa shape index (κ3) is 7.41. The van der Waals surface area contributed by atoms with Crippen molar-refractivity contribution in [1.82, 2.24) is 9.13 Å². The first-order chi connectivity index (χ1) is 41.2. The molecule has 0 bridgehead atoms. The Balaban J connectivity index is 1.02. The van der Waals surface area contributed by atoms with Gasteiger partial charge in [0.05, 0.1) is 33.4 Å². The van der Waals surface area contributed by atoms with Crippen molar-refractivity contribution in [3.05, 3.63) is 309 Å². The molecule has 0 unspecified atom stereocenters. The molecule has 0 radical (unpaired) electrons. The quantitative estimate of drug-likeness (QED) is 0.141. The lowest BCUT2D eigenvalue weighted by molar-refractivity contribution is 1.16. The van der Waals surface area contributed by atoms with E-state index in [-0.39, 0.29) is 6.71 Å². The standard InChI is InChI=1S/C78H51BN4/c1-5-21-52(22-6-1)56-39-42-60(43-40-56)80-72-45-41-59(55-27-11-4-12-28-55)49-68(72)79-67-44-46-73-76(66-35-15-18-38-71(66)81(73)61-31-19-29-57(47-61)53-23-7-2-8-24-53)78(67)83(62-32-20-30-58(48-62)54-25-9-3-10-26-54)75-51-63(50-74(80)77(75)79)82-69-36-16-13-33-64(69)65-34-14-17-37-70(65)82/h1-51H. The Morgan fingerprint density at radius 3 is 1.25 bits per heavy atom. The normalized spacial score (nSPS) is 12.5. The van der Waals surface area contributed by atoms with Crippen molar-refractivity contribution in [2.75, 3.05) is 9.80 Å². The Labute approximate surface area is 482 Å². The van der Waals surface area contributed by atoms with Crippen molar-refractivity contribution in [3.8, 4) is 55.9 Å². The molecule has 0 fully saturated rings. The maximum absolute atomic E-state index is 2.64. The first-order valence-electron chi connectivity index (χ1n) is 28.7. The molecule has 386 valence electrons. The van der Waals surface area contributed by atoms with Gasteiger partial charge in [0.15, 0.2) is 0 Å². The highest BCUT2D eigenvalue weighted by Crippen LogP contribution is 2.51. The number of aromatic nitrogens is 2. The summed E-state index contributed by atoms with van der Waals surface area (Å²) < 4.78 is 5.00. The average molecular weight is 1060 g/mol. The van der Waals surface area contributed by atoms with Gasteiger partial charge >= 0.3 is 0 Å². The van der Waals surface area contributed by atoms with E-state index in [9.17, 15) is 0 Å². The third-order valence-corrected chi connectivity index (χ3v) is 17.4. The van der Waals surface area contributed by atoms with E-state index >= 15 is 0 Å². The van der Waals surface area contributed by atoms with Gasteiger partial charge < -0.3 is 18.9 Å². The molecule has 83 heavy (non-hydrogen) atoms. The summed E-state index contributed by atoms with van der Waals surface area (Å²) >= 11 is 0. The van der Waals surface area contributed by atoms with Crippen LogP contribution in [-0.4, -0.2) is 15.8 Å². The van der Waals surface area contributed by atoms with Crippen molar-refractivity contribution < 1.29 is 0 Å². The molecule has 2 aromatic heterocycles. The minimum Gasteiger partial charge on any atom is -0.311 e. The second-order valence-corrected chi connectivity index (χ2v) is 22.0. The summed E-state index contributed by atoms with van der Waals surface area (Å²) in [5.74, 6) is 0. The summed E-state index contributed by atoms with van der Waals surface area (Å²) in [7, 11) is 0. The van der Waals surface area contributed by atoms with E-state index in [1.807, 2.05) is 0 Å². The molecule has 0 atom stereocenters. The zero-order chi connectivity index (χ0) is 54.5. The molecule has 0 N–H and O–H groups in total. The summed E-state index contributed by atoms with van der Waals surface area (Å²) in [6.07, 6.45) is 0. The van der Waals surface area contributed by atoms with Crippen LogP contribution in [0.15, 0.2) is 309 Å². The molecule has 4 heterocycles. The van der Waals surface area contributed by atoms with E-state index < -0.39 is 0 Å². The monoisotopic (exact) mass is 1050 g/mol. The van der Waals surface area contributed by atoms with Gasteiger partial charge in [-0.25, -0.2) is 0 Å². The molecule has 5 heteroatoms. The van der Waals surface area contributed by atoms with E-state index in [1.54, 1.807) is 0 Å². The summed E-state index contributed by atoms with van der Waals surface area (Å²) in [5, 5.41) is 4.86. The van der Waals surface area contributed by atoms with Gasteiger partial charge in [-0.1, -0.05) is 231 Å². The third-order valence-electron chi connectivity index (χ3n) is 17.4. The zero-order valence-electron chi connectivity index (χ0n) is 45.3. The predicted octanol–water partition coefficient (Wildman–Crippen LogP) is 18.6. The molecular weight excluding hydrogens is 1000 g/mol. The number of fused-ring (bicyclic) bond motifs is 11. The fraction of sp³-hybridized carbons (Fsp3) is 0. The molecule has 2 aliphatic heterocycles. The molecule has 2 aliphatic rings. The van der Waals surface area contributed by atoms with Crippen LogP contribution in [0.1, 0.15) is 0 Å². The number of anilines is 6. The topological polar surface area (TPSA) is 16.3 Å². The molecule has 0 saturated carbocycles. The Kier molecular flexibility index (Phi) is 10.7. The summed E-state index contributed by atoms with van der Waals surface area (Å²) in [6.45, 7) is -0.165. The molecule has 0 aliphatic carbocycles. The van der Waals surface area contributed by atoms with Crippen LogP contribution in [0.4, 0.5) is 34.1 Å². The van der Waals surface area contributed by atoms with Gasteiger partial charge in [-0.3, -0.25) is 0 Å². The zero-order valence-corrected chi connectivity index (χ0v) is 45.3. The summed E-state index contributed by atoms with van der Waals surface area (Å²) in [4.78, 5) is 5.19. The van der Waals surface area contributed by atoms with E-state index in [2.05, 4.69) is 328 Å². The van der Waals surface area contributed by atoms with Crippen molar-refractivity contribution >= 4 is 101 Å². The van der Waals surface area contributed by atoms with Gasteiger partial charge in [-0.2, -0.15) is 0 Å². The second-order valence-electron chi connectivity index (χ2n) is 22.0. The fourth-order valence-electron chi connectivity index (χ4n) is 13.8. The SMILES string of the molecule is c1ccc(-c2ccc(N3c4ccc(-c5ccccc5)cc4B4c5ccc6c(c5N(c5cccc(-c7ccccc7)c5)c5cc(-n7c8ccccc8c8ccccc87)cc3c54)c3ccccc3n6-c3cccc(-c4ccccc4)c3)cc2)cc1. The van der Waals surface area contributed by atoms with Crippen LogP contribution < -0.4 is 26.2 Å². The lowest BCUT2D eigenvalue weighted by Crippen LogP contribution is -2.61. The summed E-state index contributed by atoms with van der Waals surface area (Å²) in [6, 6.07) is 115. The van der Waals surface area contributed by atoms with Crippen molar-refractivity contribution in [3.63, 3.8) is 0 Å². The number of para-hydroxylation sites is 3. The molecule has 0 amide bonds. The minimum absolute atomic E-state index is 0.165. The van der Waals surface area contributed by atoms with Crippen molar-refractivity contribution in [2.45, 2.75) is 0 Å². The molecule has 15 aromatic rings. The smallest absolute Gasteiger partial charge is 0.252 e. The summed E-state index contributed by atoms with van der Waals surface area (Å²) in [5.41, 5.74) is 26.9. The van der Waals surface area contributed by atoms with Gasteiger partial charge in [0.25, 0.3) is 6.71 Å². The highest BCUT2D eigenvalue weighted by atomic mass is 15.2. The Bertz CT molecular complexity index is 4970. The van der Waals surface area contributed by atoms with Crippen LogP contribution in [0.2, 0.25) is 0 Å². The van der Waals surface area contributed by atoms with Crippen LogP contribution in [0.5, 0.6) is 0 Å². The second kappa shape index (κ2) is 18.9. The number of hydrogen-bond acceptors (Lipinski definition) is 2. The highest BCUT2D eigenvalue weighted by Gasteiger charge is 2.45. The first-order valence-corrected chi connectivity index (χ1v) is 28.7. The number of benzene rings is 13. The fourth-order valence-corrected chi connectivity index (χ4v) is 13.8. The van der Waals surface area contributed by atoms with E-state index in [1.165, 1.54) is 82.6 Å². The highest BCUT2D eigenvalue weighted by molar-refractivity contribution is 7.00. The van der Waals surface area contributed by atoms with Crippen LogP contribution in [-0.2, 0) is 0 Å². The first kappa shape index (κ1) is 47.0. The van der Waals surface area contributed by atoms with E-state index in [0.717, 1.165) is 67.4 Å². The van der Waals surface area contributed by atoms with Gasteiger partial charge in [-0.05, 0) is 140 Å². The minimum atomic E-state index is -0.165. The lowest BCUT2D eigenvalue weighted by Gasteiger charge is -2.45. The average Bonchev–Trinajstić information content (AvgIpc) is 1.82. The van der Waals surface area contributed by atoms with Crippen LogP contribution in [0.25, 0.3) is 99.5 Å². The molecular formula is C78H51BN4. The lowest BCUT2D eigenvalue weighted by atomic mass is 9.33. The van der Waals surface area contributed by atoms with E-state index in [4.69, 9.17) is 0 Å². The van der Waals surface area contributed by atoms with Crippen LogP contribution >= 0.6 is 0 Å². The Morgan fingerprint density at radius 2 is 0.663 bits per heavy atom. The predicted molar refractivity (Wildman–Crippen MR) is 351 cm³/mol. The van der Waals surface area contributed by atoms with Crippen molar-refractivity contribution in [1.29, 1.82) is 0 Å². The van der Waals surface area contributed by atoms with Gasteiger partial charge in [0, 0.05) is 55.7 Å². The number of rotatable bonds is 8. The largest absolute Gasteiger partial charge is 0.311 e. The van der Waals surface area contributed by atoms with Gasteiger partial charge in [0.2, 0.25) is 0 Å². The number of hydrogen-bond donors (Lipinski definition) is 0. The van der Waals surface area contributed by atoms with Crippen LogP contribution in [0, 0.1) is 0 Å². The Morgan fingerprint density at radius 1 is 0.229 bits per heavy atom. The Hall–Kier alpha value is -10.9. The van der Waals surface area contributed by atoms with Gasteiger partial charge in [0.1, 0.15) is 0 Å².